The first-order chi connectivity index (χ1) is 14.0. The molecule has 0 radical (unpaired) electrons. The zero-order valence-electron chi connectivity index (χ0n) is 17.0. The predicted molar refractivity (Wildman–Crippen MR) is 113 cm³/mol. The summed E-state index contributed by atoms with van der Waals surface area (Å²) < 4.78 is 11.3. The third-order valence-electron chi connectivity index (χ3n) is 5.41. The topological polar surface area (TPSA) is 70.8 Å². The zero-order valence-corrected chi connectivity index (χ0v) is 17.0. The van der Waals surface area contributed by atoms with Crippen LogP contribution in [-0.4, -0.2) is 49.3 Å². The molecule has 7 heteroatoms. The monoisotopic (exact) mass is 394 g/mol. The minimum atomic E-state index is -0.207. The van der Waals surface area contributed by atoms with Crippen LogP contribution in [0.2, 0.25) is 0 Å². The maximum atomic E-state index is 12.8. The molecule has 1 unspecified atom stereocenters. The van der Waals surface area contributed by atoms with Crippen LogP contribution in [0.4, 0.5) is 16.3 Å². The number of urea groups is 1. The number of benzene rings is 1. The molecule has 1 aliphatic rings. The number of hydrogen-bond donors (Lipinski definition) is 1. The highest BCUT2D eigenvalue weighted by molar-refractivity contribution is 5.90. The summed E-state index contributed by atoms with van der Waals surface area (Å²) in [5.74, 6) is 1.66. The van der Waals surface area contributed by atoms with E-state index in [1.807, 2.05) is 56.3 Å². The van der Waals surface area contributed by atoms with Gasteiger partial charge < -0.3 is 24.3 Å². The number of amides is 2. The van der Waals surface area contributed by atoms with Gasteiger partial charge in [-0.15, -0.1) is 0 Å². The first kappa shape index (κ1) is 19.3. The van der Waals surface area contributed by atoms with Crippen molar-refractivity contribution in [3.63, 3.8) is 0 Å². The van der Waals surface area contributed by atoms with Crippen LogP contribution in [0.15, 0.2) is 46.9 Å². The SMILES string of the molecule is Cc1nc(N2CCOCC2)ccc1NC(=O)N(C)C(C)c1cc2ccccc2o1. The average molecular weight is 394 g/mol. The Bertz CT molecular complexity index is 977. The second kappa shape index (κ2) is 8.13. The summed E-state index contributed by atoms with van der Waals surface area (Å²) in [5.41, 5.74) is 2.31. The zero-order chi connectivity index (χ0) is 20.4. The number of ether oxygens (including phenoxy) is 1. The Hall–Kier alpha value is -3.06. The van der Waals surface area contributed by atoms with Gasteiger partial charge in [0.1, 0.15) is 17.2 Å². The van der Waals surface area contributed by atoms with Crippen LogP contribution in [0.3, 0.4) is 0 Å². The fourth-order valence-electron chi connectivity index (χ4n) is 3.43. The molecule has 1 aliphatic heterocycles. The first-order valence-electron chi connectivity index (χ1n) is 9.85. The third kappa shape index (κ3) is 4.05. The van der Waals surface area contributed by atoms with Gasteiger partial charge in [0.25, 0.3) is 0 Å². The molecule has 29 heavy (non-hydrogen) atoms. The van der Waals surface area contributed by atoms with Crippen molar-refractivity contribution >= 4 is 28.5 Å². The maximum Gasteiger partial charge on any atom is 0.322 e. The molecule has 3 aromatic rings. The maximum absolute atomic E-state index is 12.8. The Morgan fingerprint density at radius 2 is 1.97 bits per heavy atom. The number of rotatable bonds is 4. The van der Waals surface area contributed by atoms with Gasteiger partial charge in [-0.2, -0.15) is 0 Å². The van der Waals surface area contributed by atoms with Crippen LogP contribution in [0.5, 0.6) is 0 Å². The molecule has 1 saturated heterocycles. The molecule has 1 aromatic carbocycles. The van der Waals surface area contributed by atoms with Gasteiger partial charge in [-0.05, 0) is 38.1 Å². The van der Waals surface area contributed by atoms with Crippen molar-refractivity contribution in [2.24, 2.45) is 0 Å². The van der Waals surface area contributed by atoms with E-state index < -0.39 is 0 Å². The minimum absolute atomic E-state index is 0.205. The molecule has 7 nitrogen and oxygen atoms in total. The van der Waals surface area contributed by atoms with Gasteiger partial charge in [-0.25, -0.2) is 9.78 Å². The molecule has 0 spiro atoms. The smallest absolute Gasteiger partial charge is 0.322 e. The first-order valence-corrected chi connectivity index (χ1v) is 9.85. The number of morpholine rings is 1. The molecular formula is C22H26N4O3. The Labute approximate surface area is 170 Å². The van der Waals surface area contributed by atoms with E-state index in [0.29, 0.717) is 18.9 Å². The molecule has 1 N–H and O–H groups in total. The van der Waals surface area contributed by atoms with Gasteiger partial charge in [0.15, 0.2) is 0 Å². The Balaban J connectivity index is 1.45. The van der Waals surface area contributed by atoms with Crippen LogP contribution < -0.4 is 10.2 Å². The van der Waals surface area contributed by atoms with E-state index in [9.17, 15) is 4.79 Å². The molecule has 2 aromatic heterocycles. The molecule has 2 amide bonds. The summed E-state index contributed by atoms with van der Waals surface area (Å²) in [6.45, 7) is 6.94. The van der Waals surface area contributed by atoms with E-state index >= 15 is 0 Å². The molecule has 1 fully saturated rings. The molecule has 1 atom stereocenters. The van der Waals surface area contributed by atoms with Gasteiger partial charge >= 0.3 is 6.03 Å². The molecule has 152 valence electrons. The van der Waals surface area contributed by atoms with Crippen LogP contribution in [0, 0.1) is 6.92 Å². The van der Waals surface area contributed by atoms with Crippen molar-refractivity contribution in [2.45, 2.75) is 19.9 Å². The fourth-order valence-corrected chi connectivity index (χ4v) is 3.43. The van der Waals surface area contributed by atoms with E-state index in [1.54, 1.807) is 11.9 Å². The molecule has 4 rings (SSSR count). The number of anilines is 2. The van der Waals surface area contributed by atoms with Gasteiger partial charge in [0, 0.05) is 25.5 Å². The summed E-state index contributed by atoms with van der Waals surface area (Å²) in [7, 11) is 1.76. The summed E-state index contributed by atoms with van der Waals surface area (Å²) in [6, 6.07) is 13.3. The number of carbonyl (C=O) groups is 1. The number of aromatic nitrogens is 1. The van der Waals surface area contributed by atoms with Crippen molar-refractivity contribution in [3.05, 3.63) is 53.9 Å². The predicted octanol–water partition coefficient (Wildman–Crippen LogP) is 4.20. The highest BCUT2D eigenvalue weighted by atomic mass is 16.5. The second-order valence-electron chi connectivity index (χ2n) is 7.31. The summed E-state index contributed by atoms with van der Waals surface area (Å²) in [5, 5.41) is 3.99. The highest BCUT2D eigenvalue weighted by Gasteiger charge is 2.22. The third-order valence-corrected chi connectivity index (χ3v) is 5.41. The lowest BCUT2D eigenvalue weighted by molar-refractivity contribution is 0.122. The number of nitrogens with one attached hydrogen (secondary N) is 1. The van der Waals surface area contributed by atoms with Crippen molar-refractivity contribution in [2.75, 3.05) is 43.6 Å². The van der Waals surface area contributed by atoms with Crippen LogP contribution in [0.25, 0.3) is 11.0 Å². The van der Waals surface area contributed by atoms with Crippen LogP contribution in [0.1, 0.15) is 24.4 Å². The number of aryl methyl sites for hydroxylation is 1. The summed E-state index contributed by atoms with van der Waals surface area (Å²) in [6.07, 6.45) is 0. The molecular weight excluding hydrogens is 368 g/mol. The van der Waals surface area contributed by atoms with Crippen molar-refractivity contribution in [1.82, 2.24) is 9.88 Å². The molecule has 0 saturated carbocycles. The molecule has 3 heterocycles. The average Bonchev–Trinajstić information content (AvgIpc) is 3.19. The lowest BCUT2D eigenvalue weighted by Crippen LogP contribution is -2.37. The highest BCUT2D eigenvalue weighted by Crippen LogP contribution is 2.27. The Morgan fingerprint density at radius 3 is 2.69 bits per heavy atom. The number of furan rings is 1. The number of pyridine rings is 1. The van der Waals surface area contributed by atoms with E-state index in [1.165, 1.54) is 0 Å². The lowest BCUT2D eigenvalue weighted by atomic mass is 10.2. The van der Waals surface area contributed by atoms with E-state index in [2.05, 4.69) is 15.2 Å². The number of para-hydroxylation sites is 1. The number of hydrogen-bond acceptors (Lipinski definition) is 5. The van der Waals surface area contributed by atoms with E-state index in [4.69, 9.17) is 9.15 Å². The molecule has 0 aliphatic carbocycles. The number of nitrogens with zero attached hydrogens (tertiary/aromatic N) is 3. The van der Waals surface area contributed by atoms with Gasteiger partial charge in [0.05, 0.1) is 30.6 Å². The van der Waals surface area contributed by atoms with Crippen LogP contribution in [-0.2, 0) is 4.74 Å². The minimum Gasteiger partial charge on any atom is -0.459 e. The largest absolute Gasteiger partial charge is 0.459 e. The summed E-state index contributed by atoms with van der Waals surface area (Å²) >= 11 is 0. The van der Waals surface area contributed by atoms with Gasteiger partial charge in [0.2, 0.25) is 0 Å². The Kier molecular flexibility index (Phi) is 5.40. The quantitative estimate of drug-likeness (QED) is 0.718. The second-order valence-corrected chi connectivity index (χ2v) is 7.31. The standard InChI is InChI=1S/C22H26N4O3/c1-15-18(8-9-21(23-15)26-10-12-28-13-11-26)24-22(27)25(3)16(2)20-14-17-6-4-5-7-19(17)29-20/h4-9,14,16H,10-13H2,1-3H3,(H,24,27). The lowest BCUT2D eigenvalue weighted by Gasteiger charge is -2.28. The fraction of sp³-hybridized carbons (Fsp3) is 0.364. The number of carbonyl (C=O) groups excluding carboxylic acids is 1. The van der Waals surface area contributed by atoms with Gasteiger partial charge in [-0.1, -0.05) is 18.2 Å². The Morgan fingerprint density at radius 1 is 1.21 bits per heavy atom. The molecule has 0 bridgehead atoms. The van der Waals surface area contributed by atoms with Crippen molar-refractivity contribution in [3.8, 4) is 0 Å². The van der Waals surface area contributed by atoms with E-state index in [-0.39, 0.29) is 12.1 Å². The van der Waals surface area contributed by atoms with Crippen molar-refractivity contribution < 1.29 is 13.9 Å². The van der Waals surface area contributed by atoms with Crippen LogP contribution >= 0.6 is 0 Å². The van der Waals surface area contributed by atoms with E-state index in [0.717, 1.165) is 41.3 Å². The normalized spacial score (nSPS) is 15.3. The number of fused-ring (bicyclic) bond motifs is 1. The van der Waals surface area contributed by atoms with Crippen molar-refractivity contribution in [1.29, 1.82) is 0 Å². The van der Waals surface area contributed by atoms with Gasteiger partial charge in [-0.3, -0.25) is 0 Å². The summed E-state index contributed by atoms with van der Waals surface area (Å²) in [4.78, 5) is 21.3.